The van der Waals surface area contributed by atoms with Crippen LogP contribution < -0.4 is 10.5 Å². The minimum atomic E-state index is -0.408. The molecule has 8 heteroatoms. The molecular weight excluding hydrogens is 392 g/mol. The molecule has 0 unspecified atom stereocenters. The molecule has 0 fully saturated rings. The maximum atomic E-state index is 12.4. The summed E-state index contributed by atoms with van der Waals surface area (Å²) in [6.45, 7) is 2.05. The van der Waals surface area contributed by atoms with E-state index in [1.54, 1.807) is 48.0 Å². The van der Waals surface area contributed by atoms with Crippen LogP contribution in [-0.2, 0) is 4.74 Å². The fourth-order valence-corrected chi connectivity index (χ4v) is 3.14. The Balaban J connectivity index is 1.84. The van der Waals surface area contributed by atoms with Gasteiger partial charge in [-0.25, -0.2) is 9.78 Å². The molecule has 2 aromatic carbocycles. The van der Waals surface area contributed by atoms with Crippen molar-refractivity contribution in [2.45, 2.75) is 6.92 Å². The highest BCUT2D eigenvalue weighted by Crippen LogP contribution is 2.32. The second kappa shape index (κ2) is 7.81. The third-order valence-corrected chi connectivity index (χ3v) is 4.61. The van der Waals surface area contributed by atoms with E-state index in [0.29, 0.717) is 44.6 Å². The number of rotatable bonds is 5. The van der Waals surface area contributed by atoms with Crippen molar-refractivity contribution in [1.82, 2.24) is 14.5 Å². The molecule has 0 saturated carbocycles. The van der Waals surface area contributed by atoms with E-state index in [2.05, 4.69) is 9.97 Å². The first kappa shape index (κ1) is 18.8. The molecule has 7 nitrogen and oxygen atoms in total. The Morgan fingerprint density at radius 2 is 2.00 bits per heavy atom. The quantitative estimate of drug-likeness (QED) is 0.382. The molecule has 0 aliphatic heterocycles. The third-order valence-electron chi connectivity index (χ3n) is 4.28. The SMILES string of the molecule is CCOC(=O)c1ccccc1-n1ccc2ncnc(Oc3ccc(N)c(Cl)c3)c21. The van der Waals surface area contributed by atoms with Gasteiger partial charge >= 0.3 is 5.97 Å². The molecule has 0 atom stereocenters. The molecule has 2 heterocycles. The number of carbonyl (C=O) groups excluding carboxylic acids is 1. The zero-order valence-electron chi connectivity index (χ0n) is 15.5. The lowest BCUT2D eigenvalue weighted by Crippen LogP contribution is -2.09. The second-order valence-corrected chi connectivity index (χ2v) is 6.53. The van der Waals surface area contributed by atoms with Crippen LogP contribution in [-0.4, -0.2) is 27.1 Å². The number of aromatic nitrogens is 3. The molecule has 4 rings (SSSR count). The average molecular weight is 409 g/mol. The van der Waals surface area contributed by atoms with Crippen molar-refractivity contribution in [3.8, 4) is 17.3 Å². The van der Waals surface area contributed by atoms with Gasteiger partial charge in [0, 0.05) is 12.3 Å². The molecule has 2 N–H and O–H groups in total. The van der Waals surface area contributed by atoms with Gasteiger partial charge in [-0.1, -0.05) is 23.7 Å². The van der Waals surface area contributed by atoms with Crippen LogP contribution in [0.15, 0.2) is 61.1 Å². The van der Waals surface area contributed by atoms with Crippen LogP contribution in [0, 0.1) is 0 Å². The van der Waals surface area contributed by atoms with Gasteiger partial charge in [-0.15, -0.1) is 0 Å². The second-order valence-electron chi connectivity index (χ2n) is 6.12. The van der Waals surface area contributed by atoms with E-state index in [1.165, 1.54) is 6.33 Å². The molecule has 0 spiro atoms. The predicted molar refractivity (Wildman–Crippen MR) is 111 cm³/mol. The number of hydrogen-bond acceptors (Lipinski definition) is 6. The molecule has 4 aromatic rings. The summed E-state index contributed by atoms with van der Waals surface area (Å²) < 4.78 is 13.0. The van der Waals surface area contributed by atoms with Crippen LogP contribution in [0.2, 0.25) is 5.02 Å². The Labute approximate surface area is 171 Å². The van der Waals surface area contributed by atoms with Crippen molar-refractivity contribution in [3.05, 3.63) is 71.6 Å². The van der Waals surface area contributed by atoms with Gasteiger partial charge in [0.2, 0.25) is 5.88 Å². The van der Waals surface area contributed by atoms with Crippen molar-refractivity contribution < 1.29 is 14.3 Å². The molecule has 0 aliphatic carbocycles. The van der Waals surface area contributed by atoms with E-state index in [0.717, 1.165) is 0 Å². The molecule has 0 saturated heterocycles. The number of esters is 1. The summed E-state index contributed by atoms with van der Waals surface area (Å²) in [4.78, 5) is 21.0. The van der Waals surface area contributed by atoms with Crippen LogP contribution in [0.1, 0.15) is 17.3 Å². The van der Waals surface area contributed by atoms with Crippen LogP contribution in [0.25, 0.3) is 16.7 Å². The van der Waals surface area contributed by atoms with E-state index in [9.17, 15) is 4.79 Å². The fourth-order valence-electron chi connectivity index (χ4n) is 2.97. The van der Waals surface area contributed by atoms with Gasteiger partial charge in [-0.2, -0.15) is 4.98 Å². The van der Waals surface area contributed by atoms with Crippen molar-refractivity contribution in [1.29, 1.82) is 0 Å². The number of anilines is 1. The third kappa shape index (κ3) is 3.60. The van der Waals surface area contributed by atoms with Gasteiger partial charge in [0.05, 0.1) is 34.1 Å². The maximum absolute atomic E-state index is 12.4. The standard InChI is InChI=1S/C21H17ClN4O3/c1-2-28-21(27)14-5-3-4-6-18(14)26-10-9-17-19(26)20(25-12-24-17)29-13-7-8-16(23)15(22)11-13/h3-12H,2,23H2,1H3. The highest BCUT2D eigenvalue weighted by atomic mass is 35.5. The van der Waals surface area contributed by atoms with Gasteiger partial charge in [0.1, 0.15) is 17.6 Å². The first-order valence-electron chi connectivity index (χ1n) is 8.90. The van der Waals surface area contributed by atoms with Crippen molar-refractivity contribution in [3.63, 3.8) is 0 Å². The van der Waals surface area contributed by atoms with Crippen molar-refractivity contribution in [2.24, 2.45) is 0 Å². The van der Waals surface area contributed by atoms with Crippen LogP contribution >= 0.6 is 11.6 Å². The number of halogens is 1. The van der Waals surface area contributed by atoms with Gasteiger partial charge in [0.15, 0.2) is 0 Å². The summed E-state index contributed by atoms with van der Waals surface area (Å²) in [6, 6.07) is 14.0. The van der Waals surface area contributed by atoms with Gasteiger partial charge in [0.25, 0.3) is 0 Å². The van der Waals surface area contributed by atoms with Crippen LogP contribution in [0.5, 0.6) is 11.6 Å². The number of nitrogens with two attached hydrogens (primary N) is 1. The van der Waals surface area contributed by atoms with Crippen LogP contribution in [0.3, 0.4) is 0 Å². The van der Waals surface area contributed by atoms with Gasteiger partial charge in [-0.05, 0) is 37.3 Å². The zero-order chi connectivity index (χ0) is 20.4. The molecule has 146 valence electrons. The summed E-state index contributed by atoms with van der Waals surface area (Å²) in [5.74, 6) is 0.393. The number of para-hydroxylation sites is 1. The molecule has 0 radical (unpaired) electrons. The number of fused-ring (bicyclic) bond motifs is 1. The molecule has 0 bridgehead atoms. The fraction of sp³-hybridized carbons (Fsp3) is 0.0952. The predicted octanol–water partition coefficient (Wildman–Crippen LogP) is 4.63. The summed E-state index contributed by atoms with van der Waals surface area (Å²) in [7, 11) is 0. The lowest BCUT2D eigenvalue weighted by molar-refractivity contribution is 0.0526. The van der Waals surface area contributed by atoms with Gasteiger partial charge in [-0.3, -0.25) is 0 Å². The Morgan fingerprint density at radius 3 is 2.79 bits per heavy atom. The van der Waals surface area contributed by atoms with E-state index in [4.69, 9.17) is 26.8 Å². The molecule has 2 aromatic heterocycles. The van der Waals surface area contributed by atoms with E-state index in [1.807, 2.05) is 18.2 Å². The molecular formula is C21H17ClN4O3. The van der Waals surface area contributed by atoms with Crippen LogP contribution in [0.4, 0.5) is 5.69 Å². The lowest BCUT2D eigenvalue weighted by atomic mass is 10.1. The summed E-state index contributed by atoms with van der Waals surface area (Å²) in [6.07, 6.45) is 3.22. The Kier molecular flexibility index (Phi) is 5.05. The Bertz CT molecular complexity index is 1210. The smallest absolute Gasteiger partial charge is 0.340 e. The minimum Gasteiger partial charge on any atom is -0.462 e. The average Bonchev–Trinajstić information content (AvgIpc) is 3.16. The number of ether oxygens (including phenoxy) is 2. The summed E-state index contributed by atoms with van der Waals surface area (Å²) in [5, 5.41) is 0.385. The molecule has 0 aliphatic rings. The Hall–Kier alpha value is -3.58. The first-order valence-corrected chi connectivity index (χ1v) is 9.27. The number of hydrogen-bond donors (Lipinski definition) is 1. The molecule has 0 amide bonds. The van der Waals surface area contributed by atoms with Crippen molar-refractivity contribution >= 4 is 34.3 Å². The maximum Gasteiger partial charge on any atom is 0.340 e. The van der Waals surface area contributed by atoms with E-state index < -0.39 is 5.97 Å². The minimum absolute atomic E-state index is 0.287. The normalized spacial score (nSPS) is 10.8. The van der Waals surface area contributed by atoms with E-state index in [-0.39, 0.29) is 6.61 Å². The summed E-state index contributed by atoms with van der Waals surface area (Å²) in [5.41, 5.74) is 8.56. The number of carbonyl (C=O) groups is 1. The molecule has 29 heavy (non-hydrogen) atoms. The first-order chi connectivity index (χ1) is 14.1. The van der Waals surface area contributed by atoms with Gasteiger partial charge < -0.3 is 19.8 Å². The lowest BCUT2D eigenvalue weighted by Gasteiger charge is -2.13. The Morgan fingerprint density at radius 1 is 1.17 bits per heavy atom. The monoisotopic (exact) mass is 408 g/mol. The van der Waals surface area contributed by atoms with Crippen molar-refractivity contribution in [2.75, 3.05) is 12.3 Å². The number of benzene rings is 2. The highest BCUT2D eigenvalue weighted by Gasteiger charge is 2.18. The number of nitrogens with zero attached hydrogens (tertiary/aromatic N) is 3. The topological polar surface area (TPSA) is 92.3 Å². The zero-order valence-corrected chi connectivity index (χ0v) is 16.3. The summed E-state index contributed by atoms with van der Waals surface area (Å²) >= 11 is 6.10. The highest BCUT2D eigenvalue weighted by molar-refractivity contribution is 6.33. The van der Waals surface area contributed by atoms with E-state index >= 15 is 0 Å². The number of nitrogen functional groups attached to an aromatic ring is 1. The largest absolute Gasteiger partial charge is 0.462 e.